The number of carbonyl (C=O) groups is 2. The van der Waals surface area contributed by atoms with E-state index in [2.05, 4.69) is 10.3 Å². The van der Waals surface area contributed by atoms with Gasteiger partial charge in [0.15, 0.2) is 0 Å². The molecule has 0 bridgehead atoms. The van der Waals surface area contributed by atoms with Crippen LogP contribution < -0.4 is 34.2 Å². The molecule has 25 heavy (non-hydrogen) atoms. The van der Waals surface area contributed by atoms with E-state index in [0.717, 1.165) is 0 Å². The van der Waals surface area contributed by atoms with Crippen molar-refractivity contribution < 1.29 is 46.7 Å². The molecule has 0 saturated carbocycles. The van der Waals surface area contributed by atoms with Crippen molar-refractivity contribution in [2.75, 3.05) is 19.8 Å². The molecule has 1 amide bonds. The van der Waals surface area contributed by atoms with Gasteiger partial charge in [0.25, 0.3) is 0 Å². The van der Waals surface area contributed by atoms with Crippen LogP contribution in [0.2, 0.25) is 0 Å². The number of ether oxygens (including phenoxy) is 2. The molecule has 0 radical (unpaired) electrons. The summed E-state index contributed by atoms with van der Waals surface area (Å²) in [5.74, 6) is -0.682. The fourth-order valence-electron chi connectivity index (χ4n) is 1.57. The third-order valence-corrected chi connectivity index (χ3v) is 2.60. The lowest BCUT2D eigenvalue weighted by Gasteiger charge is -2.23. The van der Waals surface area contributed by atoms with Crippen molar-refractivity contribution >= 4 is 18.0 Å². The molecule has 8 N–H and O–H groups in total. The van der Waals surface area contributed by atoms with Crippen molar-refractivity contribution in [3.05, 3.63) is 0 Å². The summed E-state index contributed by atoms with van der Waals surface area (Å²) in [5.41, 5.74) is 9.82. The van der Waals surface area contributed by atoms with Crippen LogP contribution in [0, 0.1) is 0 Å². The van der Waals surface area contributed by atoms with Gasteiger partial charge in [-0.3, -0.25) is 16.5 Å². The van der Waals surface area contributed by atoms with Gasteiger partial charge in [0, 0.05) is 0 Å². The van der Waals surface area contributed by atoms with Gasteiger partial charge in [-0.05, 0) is 33.6 Å². The van der Waals surface area contributed by atoms with Gasteiger partial charge in [-0.25, -0.2) is 9.59 Å². The molecule has 0 aliphatic heterocycles. The lowest BCUT2D eigenvalue weighted by atomic mass is 10.1. The van der Waals surface area contributed by atoms with E-state index in [0.29, 0.717) is 13.0 Å². The van der Waals surface area contributed by atoms with Crippen LogP contribution in [0.15, 0.2) is 0 Å². The van der Waals surface area contributed by atoms with Gasteiger partial charge in [0.2, 0.25) is 0 Å². The predicted molar refractivity (Wildman–Crippen MR) is 85.7 cm³/mol. The van der Waals surface area contributed by atoms with E-state index < -0.39 is 36.4 Å². The Labute approximate surface area is 153 Å². The molecule has 2 atom stereocenters. The highest BCUT2D eigenvalue weighted by Gasteiger charge is 2.25. The summed E-state index contributed by atoms with van der Waals surface area (Å²) in [4.78, 5) is 26.5. The number of alkyl carbamates (subject to hydrolysis) is 1. The summed E-state index contributed by atoms with van der Waals surface area (Å²) in [6, 6.07) is -0.966. The molecule has 0 saturated heterocycles. The van der Waals surface area contributed by atoms with Crippen molar-refractivity contribution in [3.63, 3.8) is 0 Å². The number of rotatable bonds is 9. The highest BCUT2D eigenvalue weighted by atomic mass is 35.5. The molecule has 0 heterocycles. The number of halogens is 1. The molecule has 0 aliphatic carbocycles. The Kier molecular flexibility index (Phi) is 12.8. The number of guanidine groups is 1. The quantitative estimate of drug-likeness (QED) is 0.0986. The number of nitrogens with one attached hydrogen (secondary N) is 2. The van der Waals surface area contributed by atoms with E-state index >= 15 is 0 Å². The zero-order valence-electron chi connectivity index (χ0n) is 14.8. The van der Waals surface area contributed by atoms with Crippen LogP contribution >= 0.6 is 0 Å². The molecule has 0 aromatic carbocycles. The van der Waals surface area contributed by atoms with Crippen molar-refractivity contribution in [1.82, 2.24) is 5.32 Å². The molecule has 148 valence electrons. The maximum absolute atomic E-state index is 12.0. The minimum atomic E-state index is -1.18. The zero-order valence-corrected chi connectivity index (χ0v) is 15.5. The molecule has 0 rings (SSSR count). The number of amides is 1. The highest BCUT2D eigenvalue weighted by molar-refractivity contribution is 5.81. The first kappa shape index (κ1) is 25.5. The lowest BCUT2D eigenvalue weighted by Crippen LogP contribution is -3.00. The van der Waals surface area contributed by atoms with Crippen molar-refractivity contribution in [3.8, 4) is 0 Å². The maximum Gasteiger partial charge on any atom is 0.408 e. The largest absolute Gasteiger partial charge is 1.00 e. The van der Waals surface area contributed by atoms with Crippen LogP contribution in [0.5, 0.6) is 0 Å². The number of esters is 1. The first-order valence-corrected chi connectivity index (χ1v) is 7.62. The number of aliphatic hydroxyl groups excluding tert-OH is 2. The molecule has 1 unspecified atom stereocenters. The molecule has 10 nitrogen and oxygen atoms in total. The summed E-state index contributed by atoms with van der Waals surface area (Å²) in [7, 11) is 0. The second-order valence-electron chi connectivity index (χ2n) is 6.19. The Morgan fingerprint density at radius 2 is 1.88 bits per heavy atom. The maximum atomic E-state index is 12.0. The summed E-state index contributed by atoms with van der Waals surface area (Å²) in [6.45, 7) is 4.59. The van der Waals surface area contributed by atoms with E-state index in [1.54, 1.807) is 20.8 Å². The monoisotopic (exact) mass is 384 g/mol. The van der Waals surface area contributed by atoms with E-state index in [4.69, 9.17) is 26.0 Å². The lowest BCUT2D eigenvalue weighted by molar-refractivity contribution is -0.459. The van der Waals surface area contributed by atoms with E-state index in [1.807, 2.05) is 0 Å². The van der Waals surface area contributed by atoms with Crippen LogP contribution in [-0.2, 0) is 14.3 Å². The van der Waals surface area contributed by atoms with Gasteiger partial charge < -0.3 is 37.4 Å². The molecule has 0 fully saturated rings. The van der Waals surface area contributed by atoms with Crippen LogP contribution in [0.25, 0.3) is 0 Å². The first-order chi connectivity index (χ1) is 11.0. The van der Waals surface area contributed by atoms with Gasteiger partial charge in [-0.2, -0.15) is 0 Å². The third kappa shape index (κ3) is 14.3. The Bertz CT molecular complexity index is 438. The van der Waals surface area contributed by atoms with E-state index in [1.165, 1.54) is 0 Å². The SMILES string of the molecule is CC(C)(C)OC(=O)N[C@@H](CCC[NH+]=C(N)N)C(=O)OCC(O)CO.[Cl-]. The molecular formula is C14H29ClN4O6. The molecule has 0 spiro atoms. The average molecular weight is 385 g/mol. The third-order valence-electron chi connectivity index (χ3n) is 2.60. The first-order valence-electron chi connectivity index (χ1n) is 7.62. The van der Waals surface area contributed by atoms with Crippen molar-refractivity contribution in [1.29, 1.82) is 0 Å². The molecule has 0 aromatic rings. The van der Waals surface area contributed by atoms with E-state index in [-0.39, 0.29) is 31.4 Å². The van der Waals surface area contributed by atoms with Gasteiger partial charge in [-0.1, -0.05) is 0 Å². The summed E-state index contributed by atoms with van der Waals surface area (Å²) < 4.78 is 9.97. The van der Waals surface area contributed by atoms with E-state index in [9.17, 15) is 14.7 Å². The number of hydrogen-bond acceptors (Lipinski definition) is 6. The van der Waals surface area contributed by atoms with Gasteiger partial charge in [-0.15, -0.1) is 0 Å². The second kappa shape index (κ2) is 12.6. The van der Waals surface area contributed by atoms with Crippen LogP contribution in [0.3, 0.4) is 0 Å². The van der Waals surface area contributed by atoms with Crippen LogP contribution in [-0.4, -0.2) is 65.7 Å². The second-order valence-corrected chi connectivity index (χ2v) is 6.19. The Balaban J connectivity index is 0. The molecule has 0 aliphatic rings. The Hall–Kier alpha value is -1.78. The number of hydrogen-bond donors (Lipinski definition) is 6. The summed E-state index contributed by atoms with van der Waals surface area (Å²) in [5, 5.41) is 20.4. The Morgan fingerprint density at radius 1 is 1.28 bits per heavy atom. The molecular weight excluding hydrogens is 356 g/mol. The van der Waals surface area contributed by atoms with Gasteiger partial charge in [0.05, 0.1) is 13.2 Å². The van der Waals surface area contributed by atoms with Crippen LogP contribution in [0.4, 0.5) is 4.79 Å². The standard InChI is InChI=1S/C14H28N4O6.ClH/c1-14(2,3)24-13(22)18-10(5-4-6-17-12(15)16)11(21)23-8-9(20)7-19;/h9-10,19-20H,4-8H2,1-3H3,(H,18,22)(H4,15,16,17);1H/t9?,10-;/m0./s1. The van der Waals surface area contributed by atoms with Crippen molar-refractivity contribution in [2.45, 2.75) is 51.4 Å². The van der Waals surface area contributed by atoms with Gasteiger partial charge >= 0.3 is 18.0 Å². The fraction of sp³-hybridized carbons (Fsp3) is 0.786. The number of carbonyl (C=O) groups excluding carboxylic acids is 2. The topological polar surface area (TPSA) is 171 Å². The smallest absolute Gasteiger partial charge is 0.408 e. The van der Waals surface area contributed by atoms with Crippen LogP contribution in [0.1, 0.15) is 33.6 Å². The Morgan fingerprint density at radius 3 is 2.36 bits per heavy atom. The highest BCUT2D eigenvalue weighted by Crippen LogP contribution is 2.08. The normalized spacial score (nSPS) is 13.0. The number of nitrogens with two attached hydrogens (primary N) is 2. The average Bonchev–Trinajstić information content (AvgIpc) is 2.45. The minimum Gasteiger partial charge on any atom is -1.00 e. The van der Waals surface area contributed by atoms with Crippen molar-refractivity contribution in [2.24, 2.45) is 11.5 Å². The molecule has 0 aromatic heterocycles. The summed E-state index contributed by atoms with van der Waals surface area (Å²) in [6.07, 6.45) is -1.22. The number of aliphatic hydroxyl groups is 2. The minimum absolute atomic E-state index is 0. The predicted octanol–water partition coefficient (Wildman–Crippen LogP) is -6.09. The van der Waals surface area contributed by atoms with Gasteiger partial charge in [0.1, 0.15) is 24.4 Å². The zero-order chi connectivity index (χ0) is 18.8. The summed E-state index contributed by atoms with van der Waals surface area (Å²) >= 11 is 0. The fourth-order valence-corrected chi connectivity index (χ4v) is 1.57. The molecule has 11 heteroatoms.